The van der Waals surface area contributed by atoms with Gasteiger partial charge in [0.1, 0.15) is 5.82 Å². The lowest BCUT2D eigenvalue weighted by Crippen LogP contribution is -2.41. The zero-order chi connectivity index (χ0) is 18.5. The second kappa shape index (κ2) is 8.40. The number of anilines is 1. The maximum absolute atomic E-state index is 12.6. The molecule has 0 spiro atoms. The fraction of sp³-hybridized carbons (Fsp3) is 0.421. The molecule has 1 aromatic heterocycles. The topological polar surface area (TPSA) is 67.2 Å². The number of amides is 2. The van der Waals surface area contributed by atoms with E-state index < -0.39 is 11.8 Å². The first-order valence-electron chi connectivity index (χ1n) is 8.99. The Hall–Kier alpha value is -2.28. The molecule has 7 heteroatoms. The molecular formula is C19H24N4O2S. The van der Waals surface area contributed by atoms with Crippen LogP contribution in [0.5, 0.6) is 0 Å². The molecule has 1 aliphatic heterocycles. The van der Waals surface area contributed by atoms with E-state index in [4.69, 9.17) is 0 Å². The Kier molecular flexibility index (Phi) is 5.98. The van der Waals surface area contributed by atoms with E-state index in [9.17, 15) is 9.59 Å². The quantitative estimate of drug-likeness (QED) is 0.791. The largest absolute Gasteiger partial charge is 0.334 e. The first-order valence-corrected chi connectivity index (χ1v) is 10.1. The molecule has 3 rings (SSSR count). The second-order valence-electron chi connectivity index (χ2n) is 6.26. The molecule has 0 saturated heterocycles. The summed E-state index contributed by atoms with van der Waals surface area (Å²) < 4.78 is 1.74. The second-order valence-corrected chi connectivity index (χ2v) is 7.25. The van der Waals surface area contributed by atoms with Crippen LogP contribution in [0.15, 0.2) is 30.3 Å². The Balaban J connectivity index is 1.87. The number of thioether (sulfide) groups is 1. The lowest BCUT2D eigenvalue weighted by atomic mass is 10.2. The minimum atomic E-state index is -0.594. The molecule has 2 amide bonds. The van der Waals surface area contributed by atoms with Crippen molar-refractivity contribution in [2.75, 3.05) is 18.4 Å². The van der Waals surface area contributed by atoms with Crippen LogP contribution in [0.2, 0.25) is 0 Å². The van der Waals surface area contributed by atoms with Crippen LogP contribution in [0.25, 0.3) is 5.69 Å². The number of rotatable bonds is 6. The first kappa shape index (κ1) is 18.5. The van der Waals surface area contributed by atoms with Crippen LogP contribution in [0, 0.1) is 0 Å². The van der Waals surface area contributed by atoms with Gasteiger partial charge in [-0.1, -0.05) is 32.0 Å². The molecule has 0 fully saturated rings. The molecule has 0 saturated carbocycles. The van der Waals surface area contributed by atoms with Gasteiger partial charge in [0.05, 0.1) is 11.4 Å². The van der Waals surface area contributed by atoms with Gasteiger partial charge in [0.15, 0.2) is 0 Å². The lowest BCUT2D eigenvalue weighted by molar-refractivity contribution is -0.143. The molecule has 26 heavy (non-hydrogen) atoms. The molecule has 1 aliphatic rings. The number of nitrogens with one attached hydrogen (secondary N) is 1. The molecule has 0 atom stereocenters. The van der Waals surface area contributed by atoms with Crippen molar-refractivity contribution in [3.05, 3.63) is 41.6 Å². The Labute approximate surface area is 157 Å². The van der Waals surface area contributed by atoms with Crippen molar-refractivity contribution in [3.63, 3.8) is 0 Å². The fourth-order valence-corrected chi connectivity index (χ4v) is 4.09. The van der Waals surface area contributed by atoms with Crippen molar-refractivity contribution in [2.45, 2.75) is 38.2 Å². The number of hydrogen-bond acceptors (Lipinski definition) is 4. The number of hydrogen-bond donors (Lipinski definition) is 1. The third kappa shape index (κ3) is 3.77. The van der Waals surface area contributed by atoms with Gasteiger partial charge in [0.25, 0.3) is 0 Å². The van der Waals surface area contributed by atoms with E-state index in [-0.39, 0.29) is 0 Å². The number of benzene rings is 1. The molecule has 6 nitrogen and oxygen atoms in total. The van der Waals surface area contributed by atoms with E-state index in [0.29, 0.717) is 18.9 Å². The Bertz CT molecular complexity index is 782. The highest BCUT2D eigenvalue weighted by molar-refractivity contribution is 7.98. The molecule has 2 heterocycles. The van der Waals surface area contributed by atoms with Crippen LogP contribution in [-0.4, -0.2) is 39.6 Å². The average Bonchev–Trinajstić information content (AvgIpc) is 3.24. The number of nitrogens with zero attached hydrogens (tertiary/aromatic N) is 3. The van der Waals surface area contributed by atoms with Crippen LogP contribution in [0.3, 0.4) is 0 Å². The number of para-hydroxylation sites is 1. The van der Waals surface area contributed by atoms with E-state index in [1.54, 1.807) is 21.3 Å². The third-order valence-corrected chi connectivity index (χ3v) is 5.22. The number of carbonyl (C=O) groups is 2. The van der Waals surface area contributed by atoms with Gasteiger partial charge in [0.2, 0.25) is 0 Å². The van der Waals surface area contributed by atoms with Gasteiger partial charge in [-0.05, 0) is 25.0 Å². The molecule has 1 aromatic carbocycles. The summed E-state index contributed by atoms with van der Waals surface area (Å²) in [6, 6.07) is 9.67. The van der Waals surface area contributed by atoms with Crippen molar-refractivity contribution >= 4 is 29.4 Å². The summed E-state index contributed by atoms with van der Waals surface area (Å²) in [6.07, 6.45) is 1.65. The van der Waals surface area contributed by atoms with Crippen molar-refractivity contribution in [2.24, 2.45) is 0 Å². The predicted molar refractivity (Wildman–Crippen MR) is 104 cm³/mol. The smallest absolute Gasteiger partial charge is 0.315 e. The minimum Gasteiger partial charge on any atom is -0.334 e. The van der Waals surface area contributed by atoms with Crippen molar-refractivity contribution in [3.8, 4) is 5.69 Å². The average molecular weight is 372 g/mol. The predicted octanol–water partition coefficient (Wildman–Crippen LogP) is 3.21. The highest BCUT2D eigenvalue weighted by atomic mass is 32.2. The SMILES string of the molecule is CCCN(CCC)C(=O)C(=O)Nc1c2c(nn1-c1ccccc1)CSC2. The Morgan fingerprint density at radius 3 is 2.50 bits per heavy atom. The van der Waals surface area contributed by atoms with Crippen LogP contribution in [0.1, 0.15) is 37.9 Å². The van der Waals surface area contributed by atoms with Gasteiger partial charge in [-0.15, -0.1) is 0 Å². The van der Waals surface area contributed by atoms with Crippen molar-refractivity contribution < 1.29 is 9.59 Å². The zero-order valence-corrected chi connectivity index (χ0v) is 16.0. The van der Waals surface area contributed by atoms with Crippen LogP contribution < -0.4 is 5.32 Å². The fourth-order valence-electron chi connectivity index (χ4n) is 3.06. The highest BCUT2D eigenvalue weighted by Gasteiger charge is 2.28. The number of fused-ring (bicyclic) bond motifs is 1. The summed E-state index contributed by atoms with van der Waals surface area (Å²) in [5.74, 6) is 1.16. The minimum absolute atomic E-state index is 0.478. The molecular weight excluding hydrogens is 348 g/mol. The molecule has 0 aliphatic carbocycles. The Morgan fingerprint density at radius 2 is 1.85 bits per heavy atom. The van der Waals surface area contributed by atoms with E-state index in [1.807, 2.05) is 44.2 Å². The van der Waals surface area contributed by atoms with Crippen molar-refractivity contribution in [1.82, 2.24) is 14.7 Å². The van der Waals surface area contributed by atoms with Gasteiger partial charge in [-0.25, -0.2) is 4.68 Å². The van der Waals surface area contributed by atoms with Gasteiger partial charge < -0.3 is 10.2 Å². The molecule has 2 aromatic rings. The van der Waals surface area contributed by atoms with Crippen LogP contribution in [-0.2, 0) is 21.1 Å². The van der Waals surface area contributed by atoms with Gasteiger partial charge >= 0.3 is 11.8 Å². The van der Waals surface area contributed by atoms with E-state index in [1.165, 1.54) is 0 Å². The summed E-state index contributed by atoms with van der Waals surface area (Å²) in [4.78, 5) is 26.8. The summed E-state index contributed by atoms with van der Waals surface area (Å²) in [6.45, 7) is 5.18. The van der Waals surface area contributed by atoms with E-state index in [0.717, 1.165) is 41.3 Å². The number of aromatic nitrogens is 2. The molecule has 138 valence electrons. The first-order chi connectivity index (χ1) is 12.7. The van der Waals surface area contributed by atoms with E-state index >= 15 is 0 Å². The molecule has 0 unspecified atom stereocenters. The summed E-state index contributed by atoms with van der Waals surface area (Å²) in [5.41, 5.74) is 2.85. The molecule has 0 radical (unpaired) electrons. The van der Waals surface area contributed by atoms with Crippen LogP contribution >= 0.6 is 11.8 Å². The summed E-state index contributed by atoms with van der Waals surface area (Å²) in [5, 5.41) is 7.49. The maximum atomic E-state index is 12.6. The summed E-state index contributed by atoms with van der Waals surface area (Å²) in [7, 11) is 0. The maximum Gasteiger partial charge on any atom is 0.315 e. The van der Waals surface area contributed by atoms with E-state index in [2.05, 4.69) is 10.4 Å². The Morgan fingerprint density at radius 1 is 1.15 bits per heavy atom. The normalized spacial score (nSPS) is 12.7. The van der Waals surface area contributed by atoms with Gasteiger partial charge in [0, 0.05) is 30.2 Å². The highest BCUT2D eigenvalue weighted by Crippen LogP contribution is 2.36. The standard InChI is InChI=1S/C19H24N4O2S/c1-3-10-22(11-4-2)19(25)18(24)20-17-15-12-26-13-16(15)21-23(17)14-8-6-5-7-9-14/h5-9H,3-4,10-13H2,1-2H3,(H,20,24). The van der Waals surface area contributed by atoms with Crippen molar-refractivity contribution in [1.29, 1.82) is 0 Å². The molecule has 0 bridgehead atoms. The lowest BCUT2D eigenvalue weighted by Gasteiger charge is -2.21. The van der Waals surface area contributed by atoms with Gasteiger partial charge in [-0.3, -0.25) is 9.59 Å². The number of carbonyl (C=O) groups excluding carboxylic acids is 2. The van der Waals surface area contributed by atoms with Crippen LogP contribution in [0.4, 0.5) is 5.82 Å². The molecule has 1 N–H and O–H groups in total. The summed E-state index contributed by atoms with van der Waals surface area (Å²) >= 11 is 1.76. The zero-order valence-electron chi connectivity index (χ0n) is 15.2. The third-order valence-electron chi connectivity index (χ3n) is 4.25. The monoisotopic (exact) mass is 372 g/mol. The van der Waals surface area contributed by atoms with Gasteiger partial charge in [-0.2, -0.15) is 16.9 Å².